The molecule has 174 valence electrons. The van der Waals surface area contributed by atoms with Crippen LogP contribution in [-0.4, -0.2) is 19.0 Å². The first-order valence-electron chi connectivity index (χ1n) is 11.7. The Bertz CT molecular complexity index is 917. The number of aliphatic imine (C=N–C) groups is 1. The summed E-state index contributed by atoms with van der Waals surface area (Å²) in [6.45, 7) is 12.0. The number of aryl methyl sites for hydroxylation is 1. The van der Waals surface area contributed by atoms with Crippen LogP contribution in [0.1, 0.15) is 88.1 Å². The van der Waals surface area contributed by atoms with Crippen LogP contribution in [0, 0.1) is 18.7 Å². The lowest BCUT2D eigenvalue weighted by Crippen LogP contribution is -1.93. The predicted octanol–water partition coefficient (Wildman–Crippen LogP) is 7.99. The van der Waals surface area contributed by atoms with E-state index in [-0.39, 0.29) is 11.6 Å². The molecule has 2 nitrogen and oxygen atoms in total. The molecule has 0 saturated carbocycles. The third-order valence-electron chi connectivity index (χ3n) is 5.30. The van der Waals surface area contributed by atoms with E-state index in [1.807, 2.05) is 12.3 Å². The van der Waals surface area contributed by atoms with Crippen molar-refractivity contribution in [3.63, 3.8) is 0 Å². The van der Waals surface area contributed by atoms with Gasteiger partial charge < -0.3 is 4.79 Å². The lowest BCUT2D eigenvalue weighted by molar-refractivity contribution is -0.114. The molecule has 0 aromatic heterocycles. The zero-order chi connectivity index (χ0) is 24.1. The second-order valence-corrected chi connectivity index (χ2v) is 8.67. The van der Waals surface area contributed by atoms with Gasteiger partial charge in [0.05, 0.1) is 0 Å². The van der Waals surface area contributed by atoms with Crippen molar-refractivity contribution in [3.8, 4) is 0 Å². The van der Waals surface area contributed by atoms with Gasteiger partial charge in [-0.25, -0.2) is 4.39 Å². The number of hydrogen-bond acceptors (Lipinski definition) is 2. The highest BCUT2D eigenvalue weighted by Gasteiger charge is 2.16. The molecule has 3 rings (SSSR count). The van der Waals surface area contributed by atoms with Gasteiger partial charge in [-0.15, -0.1) is 0 Å². The molecule has 2 aromatic carbocycles. The quantitative estimate of drug-likeness (QED) is 0.421. The van der Waals surface area contributed by atoms with Crippen LogP contribution in [0.4, 0.5) is 4.39 Å². The molecule has 0 spiro atoms. The van der Waals surface area contributed by atoms with E-state index < -0.39 is 0 Å². The van der Waals surface area contributed by atoms with Crippen LogP contribution in [0.15, 0.2) is 47.5 Å². The summed E-state index contributed by atoms with van der Waals surface area (Å²) in [5, 5.41) is 0. The van der Waals surface area contributed by atoms with Crippen LogP contribution < -0.4 is 0 Å². The Morgan fingerprint density at radius 2 is 1.72 bits per heavy atom. The Kier molecular flexibility index (Phi) is 12.5. The van der Waals surface area contributed by atoms with Crippen molar-refractivity contribution in [2.75, 3.05) is 7.05 Å². The Labute approximate surface area is 194 Å². The van der Waals surface area contributed by atoms with Gasteiger partial charge in [0.1, 0.15) is 11.6 Å². The molecule has 1 aliphatic carbocycles. The van der Waals surface area contributed by atoms with Gasteiger partial charge in [0.25, 0.3) is 0 Å². The standard InChI is InChI=1S/C18H16FN.C8H18.C3H6O/c1-12-3-4-13(9-15(12)11-20-2)17-7-5-14-10-16(19)6-8-18(14)17;1-4-6-8(3)7-5-2;1-3(2)4/h3-4,6-11H,5H2,1-2H3;8H,4-7H2,1-3H3;1-2H3. The van der Waals surface area contributed by atoms with Gasteiger partial charge in [-0.1, -0.05) is 70.7 Å². The smallest absolute Gasteiger partial charge is 0.126 e. The second kappa shape index (κ2) is 14.5. The maximum Gasteiger partial charge on any atom is 0.126 e. The van der Waals surface area contributed by atoms with E-state index in [0.717, 1.165) is 34.6 Å². The first-order valence-corrected chi connectivity index (χ1v) is 11.7. The topological polar surface area (TPSA) is 29.4 Å². The summed E-state index contributed by atoms with van der Waals surface area (Å²) < 4.78 is 13.3. The number of carbonyl (C=O) groups is 1. The fourth-order valence-corrected chi connectivity index (χ4v) is 3.81. The normalized spacial score (nSPS) is 12.0. The molecule has 0 saturated heterocycles. The SMILES string of the molecule is CC(C)=O.CCCC(C)CCC.CN=Cc1cc(C2=CCc3cc(F)ccc32)ccc1C. The summed E-state index contributed by atoms with van der Waals surface area (Å²) in [6.07, 6.45) is 10.4. The minimum absolute atomic E-state index is 0.166. The number of allylic oxidation sites excluding steroid dienone is 1. The van der Waals surface area contributed by atoms with E-state index >= 15 is 0 Å². The number of hydrogen-bond donors (Lipinski definition) is 0. The number of benzene rings is 2. The average Bonchev–Trinajstić information content (AvgIpc) is 3.13. The average molecular weight is 438 g/mol. The zero-order valence-corrected chi connectivity index (χ0v) is 21.0. The Morgan fingerprint density at radius 1 is 1.09 bits per heavy atom. The molecule has 0 N–H and O–H groups in total. The maximum atomic E-state index is 13.3. The first-order chi connectivity index (χ1) is 15.2. The molecule has 1 aliphatic rings. The van der Waals surface area contributed by atoms with E-state index in [9.17, 15) is 9.18 Å². The molecule has 0 fully saturated rings. The van der Waals surface area contributed by atoms with Crippen LogP contribution in [0.3, 0.4) is 0 Å². The lowest BCUT2D eigenvalue weighted by Gasteiger charge is -2.09. The van der Waals surface area contributed by atoms with E-state index in [2.05, 4.69) is 57.0 Å². The minimum atomic E-state index is -0.166. The van der Waals surface area contributed by atoms with Gasteiger partial charge in [0, 0.05) is 13.3 Å². The summed E-state index contributed by atoms with van der Waals surface area (Å²) in [4.78, 5) is 13.5. The van der Waals surface area contributed by atoms with Crippen molar-refractivity contribution < 1.29 is 9.18 Å². The van der Waals surface area contributed by atoms with Gasteiger partial charge in [0.15, 0.2) is 0 Å². The van der Waals surface area contributed by atoms with E-state index in [0.29, 0.717) is 0 Å². The molecule has 0 bridgehead atoms. The van der Waals surface area contributed by atoms with Crippen molar-refractivity contribution in [3.05, 3.63) is 76.1 Å². The molecule has 0 heterocycles. The van der Waals surface area contributed by atoms with Crippen LogP contribution in [-0.2, 0) is 11.2 Å². The summed E-state index contributed by atoms with van der Waals surface area (Å²) in [6, 6.07) is 11.4. The Hall–Kier alpha value is -2.55. The van der Waals surface area contributed by atoms with E-state index in [4.69, 9.17) is 0 Å². The number of carbonyl (C=O) groups excluding carboxylic acids is 1. The van der Waals surface area contributed by atoms with Crippen LogP contribution in [0.2, 0.25) is 0 Å². The molecule has 32 heavy (non-hydrogen) atoms. The Balaban J connectivity index is 0.000000357. The van der Waals surface area contributed by atoms with Gasteiger partial charge >= 0.3 is 0 Å². The number of halogens is 1. The van der Waals surface area contributed by atoms with Gasteiger partial charge in [0.2, 0.25) is 0 Å². The van der Waals surface area contributed by atoms with Crippen LogP contribution >= 0.6 is 0 Å². The largest absolute Gasteiger partial charge is 0.300 e. The molecule has 0 amide bonds. The van der Waals surface area contributed by atoms with Crippen LogP contribution in [0.25, 0.3) is 5.57 Å². The molecule has 0 atom stereocenters. The second-order valence-electron chi connectivity index (χ2n) is 8.67. The molecule has 0 unspecified atom stereocenters. The van der Waals surface area contributed by atoms with Crippen molar-refractivity contribution in [1.82, 2.24) is 0 Å². The monoisotopic (exact) mass is 437 g/mol. The number of fused-ring (bicyclic) bond motifs is 1. The number of nitrogens with zero attached hydrogens (tertiary/aromatic N) is 1. The van der Waals surface area contributed by atoms with Crippen molar-refractivity contribution in [2.24, 2.45) is 10.9 Å². The molecule has 0 aliphatic heterocycles. The third-order valence-corrected chi connectivity index (χ3v) is 5.30. The van der Waals surface area contributed by atoms with Gasteiger partial charge in [-0.3, -0.25) is 4.99 Å². The van der Waals surface area contributed by atoms with Crippen molar-refractivity contribution >= 4 is 17.6 Å². The maximum absolute atomic E-state index is 13.3. The predicted molar refractivity (Wildman–Crippen MR) is 137 cm³/mol. The summed E-state index contributed by atoms with van der Waals surface area (Å²) in [5.41, 5.74) is 6.88. The number of ketones is 1. The van der Waals surface area contributed by atoms with Crippen molar-refractivity contribution in [2.45, 2.75) is 73.6 Å². The fraction of sp³-hybridized carbons (Fsp3) is 0.448. The van der Waals surface area contributed by atoms with E-state index in [1.165, 1.54) is 56.7 Å². The Morgan fingerprint density at radius 3 is 2.28 bits per heavy atom. The molecular weight excluding hydrogens is 397 g/mol. The summed E-state index contributed by atoms with van der Waals surface area (Å²) >= 11 is 0. The highest BCUT2D eigenvalue weighted by molar-refractivity contribution is 5.89. The molecular formula is C29H40FNO. The first kappa shape index (κ1) is 27.5. The zero-order valence-electron chi connectivity index (χ0n) is 21.0. The fourth-order valence-electron chi connectivity index (χ4n) is 3.81. The minimum Gasteiger partial charge on any atom is -0.300 e. The van der Waals surface area contributed by atoms with Gasteiger partial charge in [-0.05, 0) is 84.7 Å². The summed E-state index contributed by atoms with van der Waals surface area (Å²) in [7, 11) is 1.78. The summed E-state index contributed by atoms with van der Waals surface area (Å²) in [5.74, 6) is 0.964. The third kappa shape index (κ3) is 9.30. The van der Waals surface area contributed by atoms with Crippen LogP contribution in [0.5, 0.6) is 0 Å². The highest BCUT2D eigenvalue weighted by atomic mass is 19.1. The number of Topliss-reactive ketones (excluding diaryl/α,β-unsaturated/α-hetero) is 1. The molecule has 3 heteroatoms. The highest BCUT2D eigenvalue weighted by Crippen LogP contribution is 2.33. The van der Waals surface area contributed by atoms with E-state index in [1.54, 1.807) is 13.1 Å². The number of rotatable bonds is 6. The van der Waals surface area contributed by atoms with Crippen molar-refractivity contribution in [1.29, 1.82) is 0 Å². The van der Waals surface area contributed by atoms with Gasteiger partial charge in [-0.2, -0.15) is 0 Å². The molecule has 0 radical (unpaired) electrons. The molecule has 2 aromatic rings. The lowest BCUT2D eigenvalue weighted by atomic mass is 9.96.